The summed E-state index contributed by atoms with van der Waals surface area (Å²) in [6.45, 7) is 4.00. The molecule has 3 rings (SSSR count). The molecule has 0 N–H and O–H groups in total. The van der Waals surface area contributed by atoms with E-state index in [1.54, 1.807) is 0 Å². The summed E-state index contributed by atoms with van der Waals surface area (Å²) in [5.74, 6) is 0. The smallest absolute Gasteiger partial charge is 0.00135 e. The van der Waals surface area contributed by atoms with Crippen molar-refractivity contribution in [1.29, 1.82) is 0 Å². The van der Waals surface area contributed by atoms with Crippen LogP contribution in [0.5, 0.6) is 0 Å². The van der Waals surface area contributed by atoms with Gasteiger partial charge in [-0.25, -0.2) is 0 Å². The lowest BCUT2D eigenvalue weighted by molar-refractivity contribution is 1.26. The van der Waals surface area contributed by atoms with Gasteiger partial charge >= 0.3 is 0 Å². The average Bonchev–Trinajstić information content (AvgIpc) is 2.77. The molecule has 0 aliphatic heterocycles. The third-order valence-corrected chi connectivity index (χ3v) is 3.04. The predicted octanol–water partition coefficient (Wildman–Crippen LogP) is 4.84. The Morgan fingerprint density at radius 3 is 1.53 bits per heavy atom. The Morgan fingerprint density at radius 1 is 0.706 bits per heavy atom. The SMILES string of the molecule is CC=CC.c1ccc2c(c1)Cc1ccccc1-2. The monoisotopic (exact) mass is 222 g/mol. The average molecular weight is 222 g/mol. The van der Waals surface area contributed by atoms with Crippen LogP contribution >= 0.6 is 0 Å². The van der Waals surface area contributed by atoms with Crippen LogP contribution in [0.25, 0.3) is 11.1 Å². The quantitative estimate of drug-likeness (QED) is 0.477. The van der Waals surface area contributed by atoms with Crippen molar-refractivity contribution in [3.63, 3.8) is 0 Å². The van der Waals surface area contributed by atoms with E-state index in [4.69, 9.17) is 0 Å². The van der Waals surface area contributed by atoms with E-state index in [1.807, 2.05) is 26.0 Å². The number of allylic oxidation sites excluding steroid dienone is 2. The molecule has 2 aromatic rings. The molecule has 1 aliphatic carbocycles. The first-order valence-corrected chi connectivity index (χ1v) is 6.10. The van der Waals surface area contributed by atoms with Gasteiger partial charge in [0.05, 0.1) is 0 Å². The number of benzene rings is 2. The van der Waals surface area contributed by atoms with Gasteiger partial charge in [-0.05, 0) is 42.5 Å². The summed E-state index contributed by atoms with van der Waals surface area (Å²) in [6.07, 6.45) is 5.10. The molecule has 0 radical (unpaired) electrons. The maximum atomic E-state index is 2.22. The van der Waals surface area contributed by atoms with Gasteiger partial charge in [-0.15, -0.1) is 0 Å². The minimum absolute atomic E-state index is 1.10. The van der Waals surface area contributed by atoms with Crippen molar-refractivity contribution in [3.8, 4) is 11.1 Å². The molecule has 0 heteroatoms. The predicted molar refractivity (Wildman–Crippen MR) is 75.2 cm³/mol. The first-order chi connectivity index (χ1) is 8.36. The molecule has 1 aliphatic rings. The highest BCUT2D eigenvalue weighted by molar-refractivity contribution is 5.76. The van der Waals surface area contributed by atoms with Gasteiger partial charge in [0.15, 0.2) is 0 Å². The van der Waals surface area contributed by atoms with Gasteiger partial charge in [-0.2, -0.15) is 0 Å². The number of rotatable bonds is 0. The Labute approximate surface area is 104 Å². The van der Waals surface area contributed by atoms with Gasteiger partial charge in [-0.1, -0.05) is 60.7 Å². The maximum Gasteiger partial charge on any atom is -0.00135 e. The van der Waals surface area contributed by atoms with E-state index in [0.29, 0.717) is 0 Å². The molecule has 0 amide bonds. The van der Waals surface area contributed by atoms with Crippen LogP contribution in [-0.2, 0) is 6.42 Å². The largest absolute Gasteiger partial charge is 0.0919 e. The fourth-order valence-corrected chi connectivity index (χ4v) is 2.08. The van der Waals surface area contributed by atoms with Gasteiger partial charge in [0.25, 0.3) is 0 Å². The molecule has 2 aromatic carbocycles. The lowest BCUT2D eigenvalue weighted by Gasteiger charge is -1.98. The summed E-state index contributed by atoms with van der Waals surface area (Å²) in [5, 5.41) is 0. The van der Waals surface area contributed by atoms with Crippen molar-refractivity contribution in [2.75, 3.05) is 0 Å². The molecule has 0 atom stereocenters. The lowest BCUT2D eigenvalue weighted by Crippen LogP contribution is -1.77. The van der Waals surface area contributed by atoms with Crippen LogP contribution in [0.2, 0.25) is 0 Å². The van der Waals surface area contributed by atoms with E-state index >= 15 is 0 Å². The molecule has 0 nitrogen and oxygen atoms in total. The second-order valence-electron chi connectivity index (χ2n) is 4.16. The standard InChI is InChI=1S/C13H10.C4H8/c1-3-7-12-10(5-1)9-11-6-2-4-8-13(11)12;1-3-4-2/h1-8H,9H2;3-4H,1-2H3. The highest BCUT2D eigenvalue weighted by Crippen LogP contribution is 2.35. The summed E-state index contributed by atoms with van der Waals surface area (Å²) in [5.41, 5.74) is 5.75. The zero-order valence-corrected chi connectivity index (χ0v) is 10.5. The van der Waals surface area contributed by atoms with E-state index in [9.17, 15) is 0 Å². The van der Waals surface area contributed by atoms with Crippen molar-refractivity contribution >= 4 is 0 Å². The first-order valence-electron chi connectivity index (χ1n) is 6.10. The molecular formula is C17H18. The van der Waals surface area contributed by atoms with Crippen LogP contribution in [-0.4, -0.2) is 0 Å². The molecule has 0 saturated heterocycles. The summed E-state index contributed by atoms with van der Waals surface area (Å²) in [7, 11) is 0. The molecule has 0 saturated carbocycles. The highest BCUT2D eigenvalue weighted by Gasteiger charge is 2.15. The van der Waals surface area contributed by atoms with Crippen LogP contribution in [0.3, 0.4) is 0 Å². The van der Waals surface area contributed by atoms with Crippen LogP contribution in [0, 0.1) is 0 Å². The van der Waals surface area contributed by atoms with Crippen molar-refractivity contribution in [2.24, 2.45) is 0 Å². The number of hydrogen-bond donors (Lipinski definition) is 0. The van der Waals surface area contributed by atoms with Crippen molar-refractivity contribution in [3.05, 3.63) is 71.8 Å². The van der Waals surface area contributed by atoms with Gasteiger partial charge in [0, 0.05) is 0 Å². The second kappa shape index (κ2) is 5.49. The topological polar surface area (TPSA) is 0 Å². The number of hydrogen-bond acceptors (Lipinski definition) is 0. The highest BCUT2D eigenvalue weighted by atomic mass is 14.2. The van der Waals surface area contributed by atoms with Gasteiger partial charge < -0.3 is 0 Å². The summed E-state index contributed by atoms with van der Waals surface area (Å²) in [6, 6.07) is 17.3. The van der Waals surface area contributed by atoms with Crippen LogP contribution in [0.1, 0.15) is 25.0 Å². The summed E-state index contributed by atoms with van der Waals surface area (Å²) < 4.78 is 0. The van der Waals surface area contributed by atoms with E-state index in [2.05, 4.69) is 48.5 Å². The zero-order valence-electron chi connectivity index (χ0n) is 10.5. The molecule has 0 heterocycles. The molecule has 86 valence electrons. The molecule has 0 unspecified atom stereocenters. The summed E-state index contributed by atoms with van der Waals surface area (Å²) in [4.78, 5) is 0. The normalized spacial score (nSPS) is 11.6. The maximum absolute atomic E-state index is 2.22. The fraction of sp³-hybridized carbons (Fsp3) is 0.176. The minimum atomic E-state index is 1.10. The molecule has 0 spiro atoms. The van der Waals surface area contributed by atoms with Gasteiger partial charge in [0.2, 0.25) is 0 Å². The van der Waals surface area contributed by atoms with Gasteiger partial charge in [-0.3, -0.25) is 0 Å². The van der Waals surface area contributed by atoms with E-state index in [-0.39, 0.29) is 0 Å². The Bertz CT molecular complexity index is 474. The Hall–Kier alpha value is -1.82. The number of fused-ring (bicyclic) bond motifs is 3. The van der Waals surface area contributed by atoms with E-state index in [1.165, 1.54) is 22.3 Å². The summed E-state index contributed by atoms with van der Waals surface area (Å²) >= 11 is 0. The van der Waals surface area contributed by atoms with E-state index < -0.39 is 0 Å². The molecule has 0 fully saturated rings. The zero-order chi connectivity index (χ0) is 12.1. The van der Waals surface area contributed by atoms with E-state index in [0.717, 1.165) is 6.42 Å². The lowest BCUT2D eigenvalue weighted by atomic mass is 10.1. The Balaban J connectivity index is 0.000000239. The van der Waals surface area contributed by atoms with Crippen LogP contribution in [0.4, 0.5) is 0 Å². The third kappa shape index (κ3) is 2.47. The minimum Gasteiger partial charge on any atom is -0.0919 e. The van der Waals surface area contributed by atoms with Crippen LogP contribution < -0.4 is 0 Å². The molecule has 0 aromatic heterocycles. The first kappa shape index (κ1) is 11.7. The molecule has 17 heavy (non-hydrogen) atoms. The Kier molecular flexibility index (Phi) is 3.77. The van der Waals surface area contributed by atoms with Crippen molar-refractivity contribution < 1.29 is 0 Å². The Morgan fingerprint density at radius 2 is 1.12 bits per heavy atom. The molecular weight excluding hydrogens is 204 g/mol. The second-order valence-corrected chi connectivity index (χ2v) is 4.16. The van der Waals surface area contributed by atoms with Gasteiger partial charge in [0.1, 0.15) is 0 Å². The fourth-order valence-electron chi connectivity index (χ4n) is 2.08. The van der Waals surface area contributed by atoms with Crippen LogP contribution in [0.15, 0.2) is 60.7 Å². The third-order valence-electron chi connectivity index (χ3n) is 3.04. The van der Waals surface area contributed by atoms with Crippen molar-refractivity contribution in [2.45, 2.75) is 20.3 Å². The molecule has 0 bridgehead atoms. The van der Waals surface area contributed by atoms with Crippen molar-refractivity contribution in [1.82, 2.24) is 0 Å².